The highest BCUT2D eigenvalue weighted by molar-refractivity contribution is 5.92. The Morgan fingerprint density at radius 3 is 1.48 bits per heavy atom. The Bertz CT molecular complexity index is 2250. The lowest BCUT2D eigenvalue weighted by molar-refractivity contribution is -0.150. The molecule has 0 bridgehead atoms. The Hall–Kier alpha value is -7.14. The van der Waals surface area contributed by atoms with Crippen molar-refractivity contribution in [3.63, 3.8) is 0 Å². The summed E-state index contributed by atoms with van der Waals surface area (Å²) in [5, 5.41) is 22.3. The monoisotopic (exact) mass is 1130 g/mol. The number of carbonyl (C=O) groups is 10. The fourth-order valence-electron chi connectivity index (χ4n) is 8.03. The summed E-state index contributed by atoms with van der Waals surface area (Å²) in [6, 6.07) is 10.2. The zero-order valence-electron chi connectivity index (χ0n) is 46.8. The van der Waals surface area contributed by atoms with Gasteiger partial charge in [-0.1, -0.05) is 102 Å². The van der Waals surface area contributed by atoms with Gasteiger partial charge < -0.3 is 64.8 Å². The fourth-order valence-corrected chi connectivity index (χ4v) is 8.03. The number of hydrogen-bond acceptors (Lipinski definition) is 17. The van der Waals surface area contributed by atoms with E-state index in [9.17, 15) is 53.1 Å². The number of amides is 5. The number of carbonyl (C=O) groups excluding carboxylic acids is 9. The van der Waals surface area contributed by atoms with E-state index in [-0.39, 0.29) is 110 Å². The highest BCUT2D eigenvalue weighted by Gasteiger charge is 2.32. The van der Waals surface area contributed by atoms with E-state index in [1.165, 1.54) is 0 Å². The second-order valence-electron chi connectivity index (χ2n) is 19.0. The lowest BCUT2D eigenvalue weighted by Crippen LogP contribution is -2.53. The average Bonchev–Trinajstić information content (AvgIpc) is 3.76. The molecule has 0 fully saturated rings. The molecule has 1 aliphatic rings. The molecule has 0 saturated heterocycles. The SMILES string of the molecule is CCCCOC(=O)CCC(NC(=O)CCC(NC(=O)COCCOCCNC(=O)CCC(NC(=O)OCC1c2ccccc2-c2ccccc21)C(=O)O)C(=O)NC(CCC(=O)OCCCC)C(=O)OCCCC)C(=O)OCCCC. The molecular formula is C57H83N5O18. The van der Waals surface area contributed by atoms with Crippen LogP contribution in [0.4, 0.5) is 4.79 Å². The Labute approximate surface area is 468 Å². The second-order valence-corrected chi connectivity index (χ2v) is 19.0. The van der Waals surface area contributed by atoms with E-state index in [4.69, 9.17) is 33.2 Å². The van der Waals surface area contributed by atoms with Gasteiger partial charge in [-0.3, -0.25) is 28.8 Å². The van der Waals surface area contributed by atoms with Gasteiger partial charge in [-0.15, -0.1) is 0 Å². The van der Waals surface area contributed by atoms with Crippen molar-refractivity contribution in [3.8, 4) is 11.1 Å². The predicted molar refractivity (Wildman–Crippen MR) is 290 cm³/mol. The number of hydrogen-bond donors (Lipinski definition) is 6. The Kier molecular flexibility index (Phi) is 33.0. The zero-order chi connectivity index (χ0) is 58.5. The number of nitrogens with one attached hydrogen (secondary N) is 5. The molecule has 23 nitrogen and oxygen atoms in total. The molecule has 2 aromatic rings. The van der Waals surface area contributed by atoms with Gasteiger partial charge in [-0.2, -0.15) is 0 Å². The minimum absolute atomic E-state index is 0.0143. The van der Waals surface area contributed by atoms with E-state index in [1.807, 2.05) is 76.2 Å². The van der Waals surface area contributed by atoms with Crippen molar-refractivity contribution in [3.05, 3.63) is 59.7 Å². The first kappa shape index (κ1) is 67.1. The maximum absolute atomic E-state index is 13.9. The summed E-state index contributed by atoms with van der Waals surface area (Å²) in [5.41, 5.74) is 4.07. The van der Waals surface area contributed by atoms with Crippen molar-refractivity contribution in [2.24, 2.45) is 0 Å². The van der Waals surface area contributed by atoms with E-state index in [0.717, 1.165) is 41.5 Å². The van der Waals surface area contributed by atoms with Crippen LogP contribution >= 0.6 is 0 Å². The van der Waals surface area contributed by atoms with Crippen molar-refractivity contribution in [2.45, 2.75) is 161 Å². The van der Waals surface area contributed by atoms with Crippen LogP contribution in [0.25, 0.3) is 11.1 Å². The number of alkyl carbamates (subject to hydrolysis) is 1. The quantitative estimate of drug-likeness (QED) is 0.0287. The first-order valence-corrected chi connectivity index (χ1v) is 27.9. The lowest BCUT2D eigenvalue weighted by Gasteiger charge is -2.23. The molecule has 80 heavy (non-hydrogen) atoms. The van der Waals surface area contributed by atoms with Gasteiger partial charge in [0.05, 0.1) is 46.2 Å². The number of ether oxygens (including phenoxy) is 7. The first-order valence-electron chi connectivity index (χ1n) is 27.9. The smallest absolute Gasteiger partial charge is 0.407 e. The molecule has 0 aromatic heterocycles. The minimum Gasteiger partial charge on any atom is -0.480 e. The normalized spacial score (nSPS) is 12.9. The summed E-state index contributed by atoms with van der Waals surface area (Å²) in [6.45, 7) is 7.55. The van der Waals surface area contributed by atoms with Crippen LogP contribution in [0.5, 0.6) is 0 Å². The molecule has 3 rings (SSSR count). The molecule has 0 saturated carbocycles. The van der Waals surface area contributed by atoms with Gasteiger partial charge in [-0.25, -0.2) is 19.2 Å². The molecule has 5 amide bonds. The number of carboxylic acids is 1. The van der Waals surface area contributed by atoms with Crippen LogP contribution in [0, 0.1) is 0 Å². The molecule has 0 aliphatic heterocycles. The fraction of sp³-hybridized carbons (Fsp3) is 0.614. The molecule has 2 aromatic carbocycles. The van der Waals surface area contributed by atoms with Gasteiger partial charge in [0.1, 0.15) is 37.4 Å². The molecule has 444 valence electrons. The summed E-state index contributed by atoms with van der Waals surface area (Å²) in [7, 11) is 0. The van der Waals surface area contributed by atoms with E-state index >= 15 is 0 Å². The number of benzene rings is 2. The number of unbranched alkanes of at least 4 members (excludes halogenated alkanes) is 4. The van der Waals surface area contributed by atoms with Crippen LogP contribution in [-0.4, -0.2) is 155 Å². The number of rotatable bonds is 42. The molecule has 4 unspecified atom stereocenters. The molecule has 6 N–H and O–H groups in total. The molecular weight excluding hydrogens is 1040 g/mol. The summed E-state index contributed by atoms with van der Waals surface area (Å²) >= 11 is 0. The maximum Gasteiger partial charge on any atom is 0.407 e. The Morgan fingerprint density at radius 2 is 0.938 bits per heavy atom. The maximum atomic E-state index is 13.9. The van der Waals surface area contributed by atoms with Crippen molar-refractivity contribution in [1.82, 2.24) is 26.6 Å². The molecule has 1 aliphatic carbocycles. The summed E-state index contributed by atoms with van der Waals surface area (Å²) in [4.78, 5) is 129. The van der Waals surface area contributed by atoms with E-state index < -0.39 is 96.8 Å². The van der Waals surface area contributed by atoms with Crippen LogP contribution in [0.2, 0.25) is 0 Å². The zero-order valence-corrected chi connectivity index (χ0v) is 46.8. The Balaban J connectivity index is 1.52. The highest BCUT2D eigenvalue weighted by atomic mass is 16.6. The van der Waals surface area contributed by atoms with Crippen molar-refractivity contribution < 1.29 is 86.2 Å². The summed E-state index contributed by atoms with van der Waals surface area (Å²) < 4.78 is 37.5. The third-order valence-corrected chi connectivity index (χ3v) is 12.6. The average molecular weight is 1130 g/mol. The largest absolute Gasteiger partial charge is 0.480 e. The van der Waals surface area contributed by atoms with E-state index in [2.05, 4.69) is 26.6 Å². The number of esters is 4. The van der Waals surface area contributed by atoms with Crippen LogP contribution in [0.3, 0.4) is 0 Å². The summed E-state index contributed by atoms with van der Waals surface area (Å²) in [6.07, 6.45) is 2.59. The Morgan fingerprint density at radius 1 is 0.475 bits per heavy atom. The highest BCUT2D eigenvalue weighted by Crippen LogP contribution is 2.44. The van der Waals surface area contributed by atoms with Gasteiger partial charge >= 0.3 is 35.9 Å². The van der Waals surface area contributed by atoms with Crippen LogP contribution in [0.1, 0.15) is 147 Å². The van der Waals surface area contributed by atoms with Crippen molar-refractivity contribution in [1.29, 1.82) is 0 Å². The third kappa shape index (κ3) is 26.2. The molecule has 4 atom stereocenters. The predicted octanol–water partition coefficient (Wildman–Crippen LogP) is 5.08. The standard InChI is InChI=1S/C57H83N5O18/c1-5-9-30-76-51(66)27-23-46(55(71)78-32-11-7-3)60-49(64)26-21-44(53(68)61-47(56(72)79-33-12-8-4)24-28-52(67)77-31-10-6-2)59-50(65)38-75-36-35-74-34-29-58-48(63)25-22-45(54(69)70)62-57(73)80-37-43-41-19-15-13-17-39(41)40-18-14-16-20-42(40)43/h13-20,43-47H,5-12,21-38H2,1-4H3,(H,58,63)(H,59,65)(H,60,64)(H,61,68)(H,62,73)(H,69,70). The van der Waals surface area contributed by atoms with Crippen molar-refractivity contribution in [2.75, 3.05) is 66.0 Å². The topological polar surface area (TPSA) is 316 Å². The van der Waals surface area contributed by atoms with Gasteiger partial charge in [0.25, 0.3) is 0 Å². The van der Waals surface area contributed by atoms with Gasteiger partial charge in [0.15, 0.2) is 0 Å². The molecule has 23 heteroatoms. The van der Waals surface area contributed by atoms with Gasteiger partial charge in [-0.05, 0) is 73.6 Å². The molecule has 0 radical (unpaired) electrons. The second kappa shape index (κ2) is 39.3. The molecule has 0 heterocycles. The van der Waals surface area contributed by atoms with Gasteiger partial charge in [0, 0.05) is 38.1 Å². The summed E-state index contributed by atoms with van der Waals surface area (Å²) in [5.74, 6) is -7.16. The third-order valence-electron chi connectivity index (χ3n) is 12.6. The van der Waals surface area contributed by atoms with Gasteiger partial charge in [0.2, 0.25) is 23.6 Å². The van der Waals surface area contributed by atoms with Crippen LogP contribution < -0.4 is 26.6 Å². The van der Waals surface area contributed by atoms with Crippen molar-refractivity contribution >= 4 is 59.6 Å². The number of carboxylic acid groups (broad SMARTS) is 1. The lowest BCUT2D eigenvalue weighted by atomic mass is 9.98. The number of aliphatic carboxylic acids is 1. The molecule has 0 spiro atoms. The number of fused-ring (bicyclic) bond motifs is 3. The van der Waals surface area contributed by atoms with E-state index in [1.54, 1.807) is 0 Å². The minimum atomic E-state index is -1.45. The first-order chi connectivity index (χ1) is 38.6. The van der Waals surface area contributed by atoms with Crippen LogP contribution in [-0.2, 0) is 76.3 Å². The van der Waals surface area contributed by atoms with Crippen LogP contribution in [0.15, 0.2) is 48.5 Å². The van der Waals surface area contributed by atoms with E-state index in [0.29, 0.717) is 32.1 Å².